The van der Waals surface area contributed by atoms with Crippen LogP contribution in [0.25, 0.3) is 0 Å². The van der Waals surface area contributed by atoms with Gasteiger partial charge < -0.3 is 0 Å². The number of rotatable bonds is 3. The molecule has 0 spiro atoms. The third-order valence-electron chi connectivity index (χ3n) is 1.76. The molecule has 0 aliphatic heterocycles. The molecule has 1 rings (SSSR count). The van der Waals surface area contributed by atoms with Crippen molar-refractivity contribution in [2.45, 2.75) is 24.7 Å². The van der Waals surface area contributed by atoms with E-state index in [1.165, 1.54) is 12.1 Å². The first-order valence-electron chi connectivity index (χ1n) is 4.10. The molecule has 0 aromatic heterocycles. The molecule has 0 amide bonds. The van der Waals surface area contributed by atoms with Crippen molar-refractivity contribution >= 4 is 39.7 Å². The van der Waals surface area contributed by atoms with Gasteiger partial charge in [-0.3, -0.25) is 4.55 Å². The molecule has 3 nitrogen and oxygen atoms in total. The molecule has 0 unspecified atom stereocenters. The van der Waals surface area contributed by atoms with Gasteiger partial charge in [0.2, 0.25) is 0 Å². The molecule has 0 atom stereocenters. The van der Waals surface area contributed by atoms with E-state index in [0.29, 0.717) is 0 Å². The van der Waals surface area contributed by atoms with Gasteiger partial charge >= 0.3 is 29.6 Å². The topological polar surface area (TPSA) is 54.4 Å². The second-order valence-electron chi connectivity index (χ2n) is 2.87. The minimum absolute atomic E-state index is 0. The molecule has 0 aliphatic rings. The summed E-state index contributed by atoms with van der Waals surface area (Å²) in [4.78, 5) is -0.0487. The molecule has 0 bridgehead atoms. The number of aryl methyl sites for hydroxylation is 1. The van der Waals surface area contributed by atoms with Crippen LogP contribution in [0.15, 0.2) is 29.2 Å². The van der Waals surface area contributed by atoms with Crippen molar-refractivity contribution < 1.29 is 13.0 Å². The van der Waals surface area contributed by atoms with Gasteiger partial charge in [0.25, 0.3) is 10.1 Å². The van der Waals surface area contributed by atoms with Crippen molar-refractivity contribution in [1.82, 2.24) is 0 Å². The van der Waals surface area contributed by atoms with Crippen molar-refractivity contribution in [2.24, 2.45) is 0 Å². The van der Waals surface area contributed by atoms with Crippen molar-refractivity contribution in [3.63, 3.8) is 0 Å². The molecule has 1 aromatic carbocycles. The van der Waals surface area contributed by atoms with Crippen molar-refractivity contribution in [3.05, 3.63) is 29.8 Å². The van der Waals surface area contributed by atoms with E-state index in [4.69, 9.17) is 4.55 Å². The second-order valence-corrected chi connectivity index (χ2v) is 4.29. The molecule has 0 radical (unpaired) electrons. The van der Waals surface area contributed by atoms with Crippen LogP contribution in [0.4, 0.5) is 0 Å². The van der Waals surface area contributed by atoms with Crippen molar-refractivity contribution in [1.29, 1.82) is 0 Å². The average molecular weight is 224 g/mol. The van der Waals surface area contributed by atoms with Gasteiger partial charge in [0.1, 0.15) is 0 Å². The fourth-order valence-corrected chi connectivity index (χ4v) is 1.60. The van der Waals surface area contributed by atoms with E-state index >= 15 is 0 Å². The molecule has 0 heterocycles. The maximum atomic E-state index is 10.7. The Morgan fingerprint density at radius 3 is 2.07 bits per heavy atom. The van der Waals surface area contributed by atoms with E-state index in [2.05, 4.69) is 6.92 Å². The zero-order valence-corrected chi connectivity index (χ0v) is 8.21. The van der Waals surface area contributed by atoms with Crippen molar-refractivity contribution in [2.75, 3.05) is 0 Å². The monoisotopic (exact) mass is 224 g/mol. The van der Waals surface area contributed by atoms with Crippen LogP contribution in [-0.2, 0) is 16.5 Å². The van der Waals surface area contributed by atoms with Crippen LogP contribution < -0.4 is 0 Å². The van der Waals surface area contributed by atoms with E-state index < -0.39 is 10.1 Å². The van der Waals surface area contributed by atoms with Crippen LogP contribution in [0.2, 0.25) is 0 Å². The summed E-state index contributed by atoms with van der Waals surface area (Å²) in [7, 11) is -4.03. The molecule has 0 saturated carbocycles. The van der Waals surface area contributed by atoms with Crippen LogP contribution in [-0.4, -0.2) is 42.5 Å². The Morgan fingerprint density at radius 2 is 1.71 bits per heavy atom. The molecule has 0 fully saturated rings. The summed E-state index contributed by atoms with van der Waals surface area (Å²) < 4.78 is 30.0. The first-order valence-corrected chi connectivity index (χ1v) is 5.54. The molecule has 0 saturated heterocycles. The molecular formula is C9H13NaO3S. The summed E-state index contributed by atoms with van der Waals surface area (Å²) in [6.07, 6.45) is 1.94. The Labute approximate surface area is 107 Å². The summed E-state index contributed by atoms with van der Waals surface area (Å²) in [6, 6.07) is 6.26. The Bertz CT molecular complexity index is 370. The molecule has 1 aromatic rings. The predicted octanol–water partition coefficient (Wildman–Crippen LogP) is 1.24. The molecule has 1 N–H and O–H groups in total. The Balaban J connectivity index is 0.00000169. The number of hydrogen-bond donors (Lipinski definition) is 1. The summed E-state index contributed by atoms with van der Waals surface area (Å²) in [6.45, 7) is 2.05. The number of hydrogen-bond acceptors (Lipinski definition) is 2. The van der Waals surface area contributed by atoms with Crippen LogP contribution in [0, 0.1) is 0 Å². The zero-order chi connectivity index (χ0) is 9.90. The van der Waals surface area contributed by atoms with E-state index in [1.54, 1.807) is 12.1 Å². The van der Waals surface area contributed by atoms with E-state index in [9.17, 15) is 8.42 Å². The van der Waals surface area contributed by atoms with Gasteiger partial charge in [-0.25, -0.2) is 0 Å². The number of benzene rings is 1. The molecule has 0 aliphatic carbocycles. The molecular weight excluding hydrogens is 211 g/mol. The molecule has 14 heavy (non-hydrogen) atoms. The van der Waals surface area contributed by atoms with Gasteiger partial charge in [-0.1, -0.05) is 25.5 Å². The Morgan fingerprint density at radius 1 is 1.21 bits per heavy atom. The van der Waals surface area contributed by atoms with Gasteiger partial charge in [0, 0.05) is 0 Å². The summed E-state index contributed by atoms with van der Waals surface area (Å²) >= 11 is 0. The van der Waals surface area contributed by atoms with Gasteiger partial charge in [-0.15, -0.1) is 0 Å². The second kappa shape index (κ2) is 5.88. The summed E-state index contributed by atoms with van der Waals surface area (Å²) in [5.74, 6) is 0. The van der Waals surface area contributed by atoms with E-state index in [-0.39, 0.29) is 34.5 Å². The first-order chi connectivity index (χ1) is 6.04. The third-order valence-corrected chi connectivity index (χ3v) is 2.63. The van der Waals surface area contributed by atoms with Crippen LogP contribution in [0.5, 0.6) is 0 Å². The summed E-state index contributed by atoms with van der Waals surface area (Å²) in [5, 5.41) is 0. The average Bonchev–Trinajstić information content (AvgIpc) is 2.04. The first kappa shape index (κ1) is 14.1. The Kier molecular flexibility index (Phi) is 5.93. The third kappa shape index (κ3) is 4.11. The zero-order valence-electron chi connectivity index (χ0n) is 7.40. The van der Waals surface area contributed by atoms with E-state index in [0.717, 1.165) is 18.4 Å². The minimum atomic E-state index is -4.03. The normalized spacial score (nSPS) is 10.7. The maximum absolute atomic E-state index is 10.7. The van der Waals surface area contributed by atoms with Crippen molar-refractivity contribution in [3.8, 4) is 0 Å². The SMILES string of the molecule is CCCc1ccc(S(=O)(=O)O)cc1.[NaH]. The van der Waals surface area contributed by atoms with Gasteiger partial charge in [-0.05, 0) is 24.1 Å². The summed E-state index contributed by atoms with van der Waals surface area (Å²) in [5.41, 5.74) is 1.08. The van der Waals surface area contributed by atoms with Gasteiger partial charge in [0.15, 0.2) is 0 Å². The Hall–Kier alpha value is 0.130. The van der Waals surface area contributed by atoms with Crippen LogP contribution in [0.3, 0.4) is 0 Å². The van der Waals surface area contributed by atoms with Crippen LogP contribution >= 0.6 is 0 Å². The fraction of sp³-hybridized carbons (Fsp3) is 0.333. The standard InChI is InChI=1S/C9H12O3S.Na.H/c1-2-3-8-4-6-9(7-5-8)13(10,11)12;;/h4-7H,2-3H2,1H3,(H,10,11,12);;. The predicted molar refractivity (Wildman–Crippen MR) is 57.4 cm³/mol. The van der Waals surface area contributed by atoms with Gasteiger partial charge in [0.05, 0.1) is 4.90 Å². The van der Waals surface area contributed by atoms with E-state index in [1.807, 2.05) is 0 Å². The quantitative estimate of drug-likeness (QED) is 0.620. The molecule has 74 valence electrons. The van der Waals surface area contributed by atoms with Gasteiger partial charge in [-0.2, -0.15) is 8.42 Å². The van der Waals surface area contributed by atoms with Crippen LogP contribution in [0.1, 0.15) is 18.9 Å². The molecule has 5 heteroatoms. The fourth-order valence-electron chi connectivity index (χ4n) is 1.12.